The summed E-state index contributed by atoms with van der Waals surface area (Å²) >= 11 is 5.54. The van der Waals surface area contributed by atoms with Gasteiger partial charge in [0.2, 0.25) is 5.91 Å². The molecule has 5 nitrogen and oxygen atoms in total. The molecule has 1 saturated carbocycles. The fraction of sp³-hybridized carbons (Fsp3) is 0.867. The van der Waals surface area contributed by atoms with Crippen molar-refractivity contribution in [3.63, 3.8) is 0 Å². The average molecular weight is 312 g/mol. The van der Waals surface area contributed by atoms with Gasteiger partial charge >= 0.3 is 0 Å². The van der Waals surface area contributed by atoms with Crippen molar-refractivity contribution in [2.24, 2.45) is 0 Å². The minimum atomic E-state index is 0.173. The lowest BCUT2D eigenvalue weighted by molar-refractivity contribution is -0.130. The van der Waals surface area contributed by atoms with Gasteiger partial charge in [0.15, 0.2) is 5.11 Å². The summed E-state index contributed by atoms with van der Waals surface area (Å²) in [5.74, 6) is 0.173. The molecule has 21 heavy (non-hydrogen) atoms. The van der Waals surface area contributed by atoms with E-state index in [0.717, 1.165) is 31.3 Å². The maximum Gasteiger partial charge on any atom is 0.236 e. The first-order valence-corrected chi connectivity index (χ1v) is 8.45. The second-order valence-corrected chi connectivity index (χ2v) is 6.72. The number of nitrogens with zero attached hydrogens (tertiary/aromatic N) is 3. The molecule has 0 atom stereocenters. The number of nitrogens with one attached hydrogen (secondary N) is 1. The molecule has 0 unspecified atom stereocenters. The molecule has 0 aromatic heterocycles. The van der Waals surface area contributed by atoms with Crippen molar-refractivity contribution in [2.45, 2.75) is 38.1 Å². The van der Waals surface area contributed by atoms with Gasteiger partial charge < -0.3 is 15.1 Å². The lowest BCUT2D eigenvalue weighted by Crippen LogP contribution is -2.54. The lowest BCUT2D eigenvalue weighted by atomic mass is 9.96. The molecular weight excluding hydrogens is 284 g/mol. The minimum Gasteiger partial charge on any atom is -0.360 e. The van der Waals surface area contributed by atoms with Gasteiger partial charge in [-0.3, -0.25) is 9.69 Å². The van der Waals surface area contributed by atoms with Gasteiger partial charge in [-0.05, 0) is 25.1 Å². The molecule has 2 aliphatic rings. The summed E-state index contributed by atoms with van der Waals surface area (Å²) in [6.07, 6.45) is 6.50. The van der Waals surface area contributed by atoms with Gasteiger partial charge in [-0.2, -0.15) is 0 Å². The number of piperazine rings is 1. The van der Waals surface area contributed by atoms with E-state index in [1.54, 1.807) is 4.90 Å². The third-order valence-electron chi connectivity index (χ3n) is 4.45. The summed E-state index contributed by atoms with van der Waals surface area (Å²) in [7, 11) is 3.61. The van der Waals surface area contributed by atoms with E-state index >= 15 is 0 Å². The van der Waals surface area contributed by atoms with Crippen LogP contribution in [0.4, 0.5) is 0 Å². The molecule has 0 spiro atoms. The average Bonchev–Trinajstić information content (AvgIpc) is 2.48. The van der Waals surface area contributed by atoms with E-state index in [-0.39, 0.29) is 5.91 Å². The summed E-state index contributed by atoms with van der Waals surface area (Å²) in [5, 5.41) is 4.43. The fourth-order valence-electron chi connectivity index (χ4n) is 2.95. The van der Waals surface area contributed by atoms with Crippen molar-refractivity contribution < 1.29 is 4.79 Å². The highest BCUT2D eigenvalue weighted by atomic mass is 32.1. The smallest absolute Gasteiger partial charge is 0.236 e. The van der Waals surface area contributed by atoms with Crippen LogP contribution in [0.3, 0.4) is 0 Å². The highest BCUT2D eigenvalue weighted by Crippen LogP contribution is 2.17. The number of hydrogen-bond donors (Lipinski definition) is 1. The van der Waals surface area contributed by atoms with E-state index in [2.05, 4.69) is 15.1 Å². The summed E-state index contributed by atoms with van der Waals surface area (Å²) < 4.78 is 0. The van der Waals surface area contributed by atoms with Gasteiger partial charge in [-0.15, -0.1) is 0 Å². The van der Waals surface area contributed by atoms with Crippen molar-refractivity contribution in [1.29, 1.82) is 0 Å². The van der Waals surface area contributed by atoms with Crippen LogP contribution in [-0.4, -0.2) is 78.6 Å². The summed E-state index contributed by atoms with van der Waals surface area (Å²) in [4.78, 5) is 17.8. The van der Waals surface area contributed by atoms with Gasteiger partial charge in [-0.25, -0.2) is 0 Å². The Kier molecular flexibility index (Phi) is 6.23. The van der Waals surface area contributed by atoms with E-state index < -0.39 is 0 Å². The molecule has 1 N–H and O–H groups in total. The van der Waals surface area contributed by atoms with Crippen LogP contribution < -0.4 is 5.32 Å². The number of thiocarbonyl (C=S) groups is 1. The van der Waals surface area contributed by atoms with Crippen LogP contribution >= 0.6 is 12.2 Å². The van der Waals surface area contributed by atoms with Gasteiger partial charge in [-0.1, -0.05) is 19.3 Å². The maximum absolute atomic E-state index is 11.7. The topological polar surface area (TPSA) is 38.8 Å². The third kappa shape index (κ3) is 5.11. The molecule has 6 heteroatoms. The molecule has 0 aromatic rings. The van der Waals surface area contributed by atoms with Crippen molar-refractivity contribution in [2.75, 3.05) is 46.8 Å². The van der Waals surface area contributed by atoms with E-state index in [1.165, 1.54) is 32.1 Å². The Bertz CT molecular complexity index is 361. The van der Waals surface area contributed by atoms with Crippen LogP contribution in [0.5, 0.6) is 0 Å². The Hall–Kier alpha value is -0.880. The second-order valence-electron chi connectivity index (χ2n) is 6.34. The molecular formula is C15H28N4OS. The van der Waals surface area contributed by atoms with Crippen LogP contribution in [0.2, 0.25) is 0 Å². The minimum absolute atomic E-state index is 0.173. The molecule has 0 radical (unpaired) electrons. The molecule has 2 rings (SSSR count). The van der Waals surface area contributed by atoms with Crippen LogP contribution in [-0.2, 0) is 4.79 Å². The SMILES string of the molecule is CN(C)C(=O)CN1CCN(C(=S)NC2CCCCC2)CC1. The van der Waals surface area contributed by atoms with Gasteiger partial charge in [0.1, 0.15) is 0 Å². The van der Waals surface area contributed by atoms with Gasteiger partial charge in [0.05, 0.1) is 6.54 Å². The Labute approximate surface area is 133 Å². The van der Waals surface area contributed by atoms with Crippen LogP contribution in [0.1, 0.15) is 32.1 Å². The first-order valence-electron chi connectivity index (χ1n) is 8.04. The Balaban J connectivity index is 1.70. The number of carbonyl (C=O) groups excluding carboxylic acids is 1. The normalized spacial score (nSPS) is 21.1. The monoisotopic (exact) mass is 312 g/mol. The Morgan fingerprint density at radius 2 is 1.76 bits per heavy atom. The van der Waals surface area contributed by atoms with E-state index in [0.29, 0.717) is 12.6 Å². The van der Waals surface area contributed by atoms with Crippen molar-refractivity contribution in [3.05, 3.63) is 0 Å². The Morgan fingerprint density at radius 3 is 2.33 bits per heavy atom. The lowest BCUT2D eigenvalue weighted by Gasteiger charge is -2.37. The molecule has 1 aliphatic heterocycles. The van der Waals surface area contributed by atoms with E-state index in [4.69, 9.17) is 12.2 Å². The molecule has 1 amide bonds. The molecule has 1 saturated heterocycles. The number of hydrogen-bond acceptors (Lipinski definition) is 3. The van der Waals surface area contributed by atoms with E-state index in [1.807, 2.05) is 14.1 Å². The second kappa shape index (κ2) is 7.94. The largest absolute Gasteiger partial charge is 0.360 e. The summed E-state index contributed by atoms with van der Waals surface area (Å²) in [6, 6.07) is 0.569. The quantitative estimate of drug-likeness (QED) is 0.784. The molecule has 2 fully saturated rings. The number of likely N-dealkylation sites (N-methyl/N-ethyl adjacent to an activating group) is 1. The maximum atomic E-state index is 11.7. The fourth-order valence-corrected chi connectivity index (χ4v) is 3.30. The van der Waals surface area contributed by atoms with Gasteiger partial charge in [0.25, 0.3) is 0 Å². The summed E-state index contributed by atoms with van der Waals surface area (Å²) in [5.41, 5.74) is 0. The molecule has 0 bridgehead atoms. The number of amides is 1. The van der Waals surface area contributed by atoms with Crippen LogP contribution in [0.25, 0.3) is 0 Å². The third-order valence-corrected chi connectivity index (χ3v) is 4.83. The highest BCUT2D eigenvalue weighted by molar-refractivity contribution is 7.80. The number of rotatable bonds is 3. The molecule has 120 valence electrons. The molecule has 1 aliphatic carbocycles. The Morgan fingerprint density at radius 1 is 1.14 bits per heavy atom. The van der Waals surface area contributed by atoms with Crippen LogP contribution in [0, 0.1) is 0 Å². The van der Waals surface area contributed by atoms with Crippen molar-refractivity contribution in [3.8, 4) is 0 Å². The molecule has 1 heterocycles. The zero-order valence-electron chi connectivity index (χ0n) is 13.3. The highest BCUT2D eigenvalue weighted by Gasteiger charge is 2.22. The zero-order valence-corrected chi connectivity index (χ0v) is 14.1. The van der Waals surface area contributed by atoms with Crippen molar-refractivity contribution >= 4 is 23.2 Å². The van der Waals surface area contributed by atoms with E-state index in [9.17, 15) is 4.79 Å². The summed E-state index contributed by atoms with van der Waals surface area (Å²) in [6.45, 7) is 4.17. The first kappa shape index (κ1) is 16.5. The predicted octanol–water partition coefficient (Wildman–Crippen LogP) is 0.899. The molecule has 0 aromatic carbocycles. The van der Waals surface area contributed by atoms with Crippen LogP contribution in [0.15, 0.2) is 0 Å². The first-order chi connectivity index (χ1) is 10.1. The number of carbonyl (C=O) groups is 1. The van der Waals surface area contributed by atoms with Gasteiger partial charge in [0, 0.05) is 46.3 Å². The zero-order chi connectivity index (χ0) is 15.2. The standard InChI is InChI=1S/C15H28N4OS/c1-17(2)14(20)12-18-8-10-19(11-9-18)15(21)16-13-6-4-3-5-7-13/h13H,3-12H2,1-2H3,(H,16,21). The predicted molar refractivity (Wildman–Crippen MR) is 89.3 cm³/mol. The van der Waals surface area contributed by atoms with Crippen molar-refractivity contribution in [1.82, 2.24) is 20.0 Å².